The van der Waals surface area contributed by atoms with Crippen molar-refractivity contribution in [3.63, 3.8) is 0 Å². The van der Waals surface area contributed by atoms with Gasteiger partial charge in [0, 0.05) is 18.6 Å². The van der Waals surface area contributed by atoms with E-state index in [4.69, 9.17) is 14.2 Å². The van der Waals surface area contributed by atoms with Crippen LogP contribution >= 0.6 is 0 Å². The topological polar surface area (TPSA) is 56.8 Å². The molecule has 1 saturated carbocycles. The molecular formula is C34H51NO4. The Labute approximate surface area is 237 Å². The lowest BCUT2D eigenvalue weighted by Crippen LogP contribution is -2.54. The molecule has 5 nitrogen and oxygen atoms in total. The fraction of sp³-hybridized carbons (Fsp3) is 0.618. The van der Waals surface area contributed by atoms with Crippen LogP contribution in [0.3, 0.4) is 0 Å². The van der Waals surface area contributed by atoms with E-state index in [0.29, 0.717) is 5.92 Å². The Morgan fingerprint density at radius 2 is 1.64 bits per heavy atom. The fourth-order valence-electron chi connectivity index (χ4n) is 6.18. The molecule has 1 fully saturated rings. The van der Waals surface area contributed by atoms with Crippen molar-refractivity contribution in [2.75, 3.05) is 21.0 Å². The zero-order chi connectivity index (χ0) is 28.5. The average molecular weight is 538 g/mol. The highest BCUT2D eigenvalue weighted by Crippen LogP contribution is 2.49. The van der Waals surface area contributed by atoms with E-state index in [0.717, 1.165) is 56.4 Å². The van der Waals surface area contributed by atoms with Crippen molar-refractivity contribution in [2.24, 2.45) is 17.8 Å². The second-order valence-corrected chi connectivity index (χ2v) is 12.0. The second kappa shape index (κ2) is 14.2. The summed E-state index contributed by atoms with van der Waals surface area (Å²) in [5.41, 5.74) is 2.54. The number of carbonyl (C=O) groups excluding carboxylic acids is 1. The minimum atomic E-state index is -0.145. The van der Waals surface area contributed by atoms with Crippen LogP contribution in [-0.4, -0.2) is 32.5 Å². The molecule has 216 valence electrons. The van der Waals surface area contributed by atoms with Crippen LogP contribution in [-0.2, 0) is 21.4 Å². The van der Waals surface area contributed by atoms with Crippen LogP contribution < -0.4 is 14.8 Å². The van der Waals surface area contributed by atoms with Gasteiger partial charge in [0.05, 0.1) is 7.11 Å². The monoisotopic (exact) mass is 537 g/mol. The van der Waals surface area contributed by atoms with E-state index in [2.05, 4.69) is 70.3 Å². The van der Waals surface area contributed by atoms with Gasteiger partial charge < -0.3 is 19.5 Å². The maximum atomic E-state index is 13.5. The maximum Gasteiger partial charge on any atom is 0.223 e. The Kier molecular flexibility index (Phi) is 11.3. The third-order valence-electron chi connectivity index (χ3n) is 9.44. The van der Waals surface area contributed by atoms with Gasteiger partial charge >= 0.3 is 0 Å². The van der Waals surface area contributed by atoms with E-state index in [1.807, 2.05) is 18.2 Å². The largest absolute Gasteiger partial charge is 0.497 e. The Morgan fingerprint density at radius 1 is 0.949 bits per heavy atom. The third-order valence-corrected chi connectivity index (χ3v) is 9.44. The molecule has 5 heteroatoms. The van der Waals surface area contributed by atoms with Crippen LogP contribution in [0.1, 0.15) is 90.7 Å². The summed E-state index contributed by atoms with van der Waals surface area (Å²) in [6, 6.07) is 16.8. The molecule has 0 aromatic heterocycles. The van der Waals surface area contributed by atoms with Gasteiger partial charge in [0.1, 0.15) is 11.5 Å². The summed E-state index contributed by atoms with van der Waals surface area (Å²) in [6.07, 6.45) is 8.26. The second-order valence-electron chi connectivity index (χ2n) is 12.0. The van der Waals surface area contributed by atoms with E-state index < -0.39 is 0 Å². The van der Waals surface area contributed by atoms with Gasteiger partial charge in [-0.1, -0.05) is 65.3 Å². The molecule has 1 amide bonds. The number of hydrogen-bond donors (Lipinski definition) is 1. The van der Waals surface area contributed by atoms with Gasteiger partial charge in [0.25, 0.3) is 0 Å². The summed E-state index contributed by atoms with van der Waals surface area (Å²) in [6.45, 7) is 11.4. The molecule has 0 bridgehead atoms. The molecule has 0 heterocycles. The number of methoxy groups -OCH3 is 2. The molecule has 0 aliphatic heterocycles. The van der Waals surface area contributed by atoms with Crippen molar-refractivity contribution in [3.8, 4) is 11.5 Å². The molecule has 0 saturated heterocycles. The smallest absolute Gasteiger partial charge is 0.223 e. The Bertz CT molecular complexity index is 1030. The van der Waals surface area contributed by atoms with Crippen LogP contribution in [0.15, 0.2) is 48.5 Å². The molecule has 0 radical (unpaired) electrons. The quantitative estimate of drug-likeness (QED) is 0.251. The molecule has 0 spiro atoms. The molecule has 1 aliphatic rings. The lowest BCUT2D eigenvalue weighted by Gasteiger charge is -2.48. The first-order valence-electron chi connectivity index (χ1n) is 14.9. The number of amides is 1. The molecule has 3 atom stereocenters. The van der Waals surface area contributed by atoms with Crippen LogP contribution in [0.2, 0.25) is 0 Å². The molecular weight excluding hydrogens is 486 g/mol. The molecule has 1 aliphatic carbocycles. The number of rotatable bonds is 14. The van der Waals surface area contributed by atoms with Crippen molar-refractivity contribution in [1.82, 2.24) is 5.32 Å². The standard InChI is InChI=1S/C34H51NO4/c1-8-25(3)23-33(29-11-10-12-31(22-29)39-24-37-6)17-19-34(9-2,20-18-33)35-32(36)27(5)26(4)21-28-13-15-30(38-7)16-14-28/h10-16,22,25-27H,8-9,17-21,23-24H2,1-7H3,(H,35,36). The van der Waals surface area contributed by atoms with E-state index >= 15 is 0 Å². The fourth-order valence-corrected chi connectivity index (χ4v) is 6.18. The van der Waals surface area contributed by atoms with Crippen molar-refractivity contribution < 1.29 is 19.0 Å². The highest BCUT2D eigenvalue weighted by molar-refractivity contribution is 5.79. The number of carbonyl (C=O) groups is 1. The van der Waals surface area contributed by atoms with Crippen LogP contribution in [0.4, 0.5) is 0 Å². The zero-order valence-corrected chi connectivity index (χ0v) is 25.3. The van der Waals surface area contributed by atoms with Crippen LogP contribution in [0, 0.1) is 17.8 Å². The molecule has 2 aromatic carbocycles. The third kappa shape index (κ3) is 8.00. The van der Waals surface area contributed by atoms with E-state index in [1.54, 1.807) is 14.2 Å². The summed E-state index contributed by atoms with van der Waals surface area (Å²) in [5.74, 6) is 2.72. The SMILES string of the molecule is CCC(C)CC1(c2cccc(OCOC)c2)CCC(CC)(NC(=O)C(C)C(C)Cc2ccc(OC)cc2)CC1. The highest BCUT2D eigenvalue weighted by atomic mass is 16.7. The first kappa shape index (κ1) is 31.0. The van der Waals surface area contributed by atoms with Crippen LogP contribution in [0.5, 0.6) is 11.5 Å². The van der Waals surface area contributed by atoms with Gasteiger partial charge in [-0.15, -0.1) is 0 Å². The highest BCUT2D eigenvalue weighted by Gasteiger charge is 2.44. The Hall–Kier alpha value is -2.53. The van der Waals surface area contributed by atoms with E-state index in [9.17, 15) is 4.79 Å². The van der Waals surface area contributed by atoms with Crippen molar-refractivity contribution >= 4 is 5.91 Å². The minimum Gasteiger partial charge on any atom is -0.497 e. The van der Waals surface area contributed by atoms with Crippen molar-refractivity contribution in [3.05, 3.63) is 59.7 Å². The summed E-state index contributed by atoms with van der Waals surface area (Å²) >= 11 is 0. The maximum absolute atomic E-state index is 13.5. The van der Waals surface area contributed by atoms with Gasteiger partial charge in [-0.3, -0.25) is 4.79 Å². The Morgan fingerprint density at radius 3 is 2.23 bits per heavy atom. The van der Waals surface area contributed by atoms with Gasteiger partial charge in [-0.05, 0) is 97.6 Å². The van der Waals surface area contributed by atoms with E-state index in [1.165, 1.54) is 17.5 Å². The lowest BCUT2D eigenvalue weighted by molar-refractivity contribution is -0.128. The van der Waals surface area contributed by atoms with Gasteiger partial charge in [-0.2, -0.15) is 0 Å². The first-order chi connectivity index (χ1) is 18.7. The molecule has 3 rings (SSSR count). The zero-order valence-electron chi connectivity index (χ0n) is 25.3. The van der Waals surface area contributed by atoms with Crippen LogP contribution in [0.25, 0.3) is 0 Å². The van der Waals surface area contributed by atoms with Gasteiger partial charge in [0.15, 0.2) is 6.79 Å². The number of nitrogens with one attached hydrogen (secondary N) is 1. The lowest BCUT2D eigenvalue weighted by atomic mass is 9.60. The molecule has 39 heavy (non-hydrogen) atoms. The molecule has 3 unspecified atom stereocenters. The predicted molar refractivity (Wildman–Crippen MR) is 159 cm³/mol. The van der Waals surface area contributed by atoms with Crippen molar-refractivity contribution in [2.45, 2.75) is 96.9 Å². The van der Waals surface area contributed by atoms with Gasteiger partial charge in [-0.25, -0.2) is 0 Å². The number of benzene rings is 2. The summed E-state index contributed by atoms with van der Waals surface area (Å²) < 4.78 is 16.2. The van der Waals surface area contributed by atoms with E-state index in [-0.39, 0.29) is 35.5 Å². The first-order valence-corrected chi connectivity index (χ1v) is 14.9. The summed E-state index contributed by atoms with van der Waals surface area (Å²) in [5, 5.41) is 3.56. The normalized spacial score (nSPS) is 23.5. The Balaban J connectivity index is 1.71. The minimum absolute atomic E-state index is 0.0584. The molecule has 2 aromatic rings. The predicted octanol–water partition coefficient (Wildman–Crippen LogP) is 7.71. The summed E-state index contributed by atoms with van der Waals surface area (Å²) in [4.78, 5) is 13.5. The number of hydrogen-bond acceptors (Lipinski definition) is 4. The average Bonchev–Trinajstić information content (AvgIpc) is 2.97. The van der Waals surface area contributed by atoms with Gasteiger partial charge in [0.2, 0.25) is 5.91 Å². The summed E-state index contributed by atoms with van der Waals surface area (Å²) in [7, 11) is 3.33. The molecule has 1 N–H and O–H groups in total. The van der Waals surface area contributed by atoms with Crippen molar-refractivity contribution in [1.29, 1.82) is 0 Å². The number of ether oxygens (including phenoxy) is 3.